The third-order valence-electron chi connectivity index (χ3n) is 8.21. The predicted octanol–water partition coefficient (Wildman–Crippen LogP) is 10.2. The second-order valence-corrected chi connectivity index (χ2v) is 12.1. The highest BCUT2D eigenvalue weighted by Gasteiger charge is 2.09. The molecule has 0 aliphatic carbocycles. The van der Waals surface area contributed by atoms with Crippen molar-refractivity contribution in [1.29, 1.82) is 0 Å². The van der Waals surface area contributed by atoms with Crippen LogP contribution in [0.25, 0.3) is 12.2 Å². The van der Waals surface area contributed by atoms with Crippen LogP contribution in [-0.4, -0.2) is 33.0 Å². The maximum Gasteiger partial charge on any atom is 0.333 e. The number of methoxy groups -OCH3 is 2. The number of benzene rings is 2. The van der Waals surface area contributed by atoms with Crippen LogP contribution < -0.4 is 9.47 Å². The molecule has 0 saturated heterocycles. The standard InChI is InChI=1S/C43H52O6/c1-28(19-21-38-32(5)25-40(46-11)36(9)34(38)7)15-13-17-30(3)23-42(44)48-27-49-43(45)24-31(4)18-14-16-29(2)20-22-39-33(6)26-41(47-12)37(10)35(39)8/h13-26H,27H2,1-12H3. The van der Waals surface area contributed by atoms with E-state index in [4.69, 9.17) is 18.9 Å². The molecule has 49 heavy (non-hydrogen) atoms. The minimum atomic E-state index is -0.596. The van der Waals surface area contributed by atoms with Crippen molar-refractivity contribution in [1.82, 2.24) is 0 Å². The van der Waals surface area contributed by atoms with Crippen LogP contribution in [0.4, 0.5) is 0 Å². The summed E-state index contributed by atoms with van der Waals surface area (Å²) in [6.45, 7) is 19.6. The molecule has 2 aromatic rings. The first kappa shape index (κ1) is 40.1. The van der Waals surface area contributed by atoms with Gasteiger partial charge in [-0.3, -0.25) is 0 Å². The van der Waals surface area contributed by atoms with Crippen LogP contribution in [-0.2, 0) is 19.1 Å². The third kappa shape index (κ3) is 12.8. The normalized spacial score (nSPS) is 13.3. The van der Waals surface area contributed by atoms with Gasteiger partial charge in [0.1, 0.15) is 11.5 Å². The average molecular weight is 665 g/mol. The van der Waals surface area contributed by atoms with Crippen molar-refractivity contribution in [3.63, 3.8) is 0 Å². The summed E-state index contributed by atoms with van der Waals surface area (Å²) in [5, 5.41) is 0. The molecule has 0 amide bonds. The van der Waals surface area contributed by atoms with Crippen LogP contribution >= 0.6 is 0 Å². The van der Waals surface area contributed by atoms with E-state index in [2.05, 4.69) is 78.0 Å². The Bertz CT molecular complexity index is 1640. The van der Waals surface area contributed by atoms with Gasteiger partial charge >= 0.3 is 11.9 Å². The van der Waals surface area contributed by atoms with Gasteiger partial charge in [-0.15, -0.1) is 0 Å². The largest absolute Gasteiger partial charge is 0.496 e. The molecule has 0 aliphatic heterocycles. The maximum atomic E-state index is 12.2. The lowest BCUT2D eigenvalue weighted by Crippen LogP contribution is -2.10. The van der Waals surface area contributed by atoms with Gasteiger partial charge in [0, 0.05) is 12.2 Å². The lowest BCUT2D eigenvalue weighted by Gasteiger charge is -2.13. The number of rotatable bonds is 14. The summed E-state index contributed by atoms with van der Waals surface area (Å²) in [4.78, 5) is 24.4. The van der Waals surface area contributed by atoms with E-state index in [1.807, 2.05) is 50.3 Å². The fraction of sp³-hybridized carbons (Fsp3) is 0.302. The van der Waals surface area contributed by atoms with Crippen LogP contribution in [0.5, 0.6) is 11.5 Å². The van der Waals surface area contributed by atoms with Crippen LogP contribution in [0.2, 0.25) is 0 Å². The summed E-state index contributed by atoms with van der Waals surface area (Å²) in [7, 11) is 3.38. The molecule has 2 rings (SSSR count). The van der Waals surface area contributed by atoms with Crippen molar-refractivity contribution in [3.05, 3.63) is 140 Å². The topological polar surface area (TPSA) is 71.1 Å². The van der Waals surface area contributed by atoms with Gasteiger partial charge < -0.3 is 18.9 Å². The lowest BCUT2D eigenvalue weighted by molar-refractivity contribution is -0.160. The van der Waals surface area contributed by atoms with E-state index >= 15 is 0 Å². The van der Waals surface area contributed by atoms with Crippen LogP contribution in [0, 0.1) is 41.5 Å². The van der Waals surface area contributed by atoms with Crippen molar-refractivity contribution in [2.75, 3.05) is 21.0 Å². The van der Waals surface area contributed by atoms with Gasteiger partial charge in [-0.1, -0.05) is 71.9 Å². The SMILES string of the molecule is COc1cc(C)c(C=CC(C)=CC=CC(C)=CC(=O)OCOC(=O)C=C(C)C=CC=C(C)C=Cc2c(C)cc(OC)c(C)c2C)c(C)c1C. The van der Waals surface area contributed by atoms with Crippen molar-refractivity contribution in [2.45, 2.75) is 69.2 Å². The molecule has 0 spiro atoms. The molecule has 0 aliphatic rings. The molecule has 0 fully saturated rings. The molecular weight excluding hydrogens is 612 g/mol. The van der Waals surface area contributed by atoms with E-state index in [1.165, 1.54) is 34.4 Å². The quantitative estimate of drug-likeness (QED) is 0.0866. The van der Waals surface area contributed by atoms with E-state index in [9.17, 15) is 9.59 Å². The van der Waals surface area contributed by atoms with Crippen molar-refractivity contribution in [3.8, 4) is 11.5 Å². The van der Waals surface area contributed by atoms with Gasteiger partial charge in [0.25, 0.3) is 0 Å². The van der Waals surface area contributed by atoms with Gasteiger partial charge in [0.15, 0.2) is 0 Å². The van der Waals surface area contributed by atoms with Gasteiger partial charge in [-0.2, -0.15) is 0 Å². The van der Waals surface area contributed by atoms with Gasteiger partial charge in [-0.05, 0) is 137 Å². The second kappa shape index (κ2) is 19.7. The highest BCUT2D eigenvalue weighted by atomic mass is 16.7. The smallest absolute Gasteiger partial charge is 0.333 e. The first-order valence-electron chi connectivity index (χ1n) is 16.2. The molecule has 0 unspecified atom stereocenters. The molecule has 0 N–H and O–H groups in total. The summed E-state index contributed by atoms with van der Waals surface area (Å²) < 4.78 is 21.0. The van der Waals surface area contributed by atoms with Crippen LogP contribution in [0.15, 0.2) is 95.2 Å². The van der Waals surface area contributed by atoms with Crippen LogP contribution in [0.1, 0.15) is 72.2 Å². The van der Waals surface area contributed by atoms with Gasteiger partial charge in [-0.25, -0.2) is 9.59 Å². The number of hydrogen-bond donors (Lipinski definition) is 0. The fourth-order valence-electron chi connectivity index (χ4n) is 5.01. The highest BCUT2D eigenvalue weighted by molar-refractivity contribution is 5.84. The van der Waals surface area contributed by atoms with Crippen molar-refractivity contribution < 1.29 is 28.5 Å². The Balaban J connectivity index is 1.85. The summed E-state index contributed by atoms with van der Waals surface area (Å²) in [5.41, 5.74) is 12.8. The number of allylic oxidation sites excluding steroid dienone is 12. The molecule has 0 saturated carbocycles. The number of carbonyl (C=O) groups excluding carboxylic acids is 2. The Morgan fingerprint density at radius 1 is 0.551 bits per heavy atom. The monoisotopic (exact) mass is 664 g/mol. The first-order chi connectivity index (χ1) is 23.2. The van der Waals surface area contributed by atoms with E-state index in [-0.39, 0.29) is 0 Å². The Morgan fingerprint density at radius 2 is 0.918 bits per heavy atom. The van der Waals surface area contributed by atoms with E-state index < -0.39 is 18.7 Å². The molecule has 0 radical (unpaired) electrons. The zero-order valence-electron chi connectivity index (χ0n) is 31.2. The summed E-state index contributed by atoms with van der Waals surface area (Å²) in [6, 6.07) is 4.11. The molecule has 6 nitrogen and oxygen atoms in total. The molecule has 260 valence electrons. The predicted molar refractivity (Wildman–Crippen MR) is 203 cm³/mol. The Labute approximate surface area is 293 Å². The van der Waals surface area contributed by atoms with Crippen LogP contribution in [0.3, 0.4) is 0 Å². The van der Waals surface area contributed by atoms with E-state index in [1.54, 1.807) is 28.1 Å². The van der Waals surface area contributed by atoms with Crippen molar-refractivity contribution in [2.24, 2.45) is 0 Å². The zero-order valence-corrected chi connectivity index (χ0v) is 31.2. The minimum Gasteiger partial charge on any atom is -0.496 e. The number of ether oxygens (including phenoxy) is 4. The maximum absolute atomic E-state index is 12.2. The lowest BCUT2D eigenvalue weighted by atomic mass is 9.96. The summed E-state index contributed by atoms with van der Waals surface area (Å²) in [5.74, 6) is 0.597. The van der Waals surface area contributed by atoms with Gasteiger partial charge in [0.05, 0.1) is 14.2 Å². The minimum absolute atomic E-state index is 0.473. The van der Waals surface area contributed by atoms with Crippen molar-refractivity contribution >= 4 is 24.1 Å². The molecule has 0 atom stereocenters. The Kier molecular flexibility index (Phi) is 16.1. The molecule has 2 aromatic carbocycles. The first-order valence-corrected chi connectivity index (χ1v) is 16.2. The highest BCUT2D eigenvalue weighted by Crippen LogP contribution is 2.29. The summed E-state index contributed by atoms with van der Waals surface area (Å²) in [6.07, 6.45) is 22.3. The molecule has 0 bridgehead atoms. The fourth-order valence-corrected chi connectivity index (χ4v) is 5.01. The zero-order chi connectivity index (χ0) is 36.7. The van der Waals surface area contributed by atoms with Gasteiger partial charge in [0.2, 0.25) is 6.79 Å². The molecular formula is C43H52O6. The Hall–Kier alpha value is -5.10. The summed E-state index contributed by atoms with van der Waals surface area (Å²) >= 11 is 0. The third-order valence-corrected chi connectivity index (χ3v) is 8.21. The number of esters is 2. The number of carbonyl (C=O) groups is 2. The molecule has 0 aromatic heterocycles. The molecule has 6 heteroatoms. The number of hydrogen-bond acceptors (Lipinski definition) is 6. The van der Waals surface area contributed by atoms with E-state index in [0.717, 1.165) is 44.9 Å². The van der Waals surface area contributed by atoms with E-state index in [0.29, 0.717) is 11.1 Å². The molecule has 0 heterocycles. The second-order valence-electron chi connectivity index (χ2n) is 12.1. The Morgan fingerprint density at radius 3 is 1.27 bits per heavy atom. The average Bonchev–Trinajstić information content (AvgIpc) is 3.04. The number of aryl methyl sites for hydroxylation is 2.